The second kappa shape index (κ2) is 13.2. The van der Waals surface area contributed by atoms with Crippen LogP contribution in [0.2, 0.25) is 0 Å². The summed E-state index contributed by atoms with van der Waals surface area (Å²) in [4.78, 5) is 26.3. The van der Waals surface area contributed by atoms with Crippen molar-refractivity contribution in [1.29, 1.82) is 0 Å². The molecule has 0 bridgehead atoms. The van der Waals surface area contributed by atoms with Gasteiger partial charge in [-0.25, -0.2) is 0 Å². The Kier molecular flexibility index (Phi) is 12.6. The number of unbranched alkanes of at least 4 members (excludes halogenated alkanes) is 3. The molecular formula is C19H35IN2O3. The van der Waals surface area contributed by atoms with Crippen LogP contribution < -0.4 is 3.53 Å². The first-order valence-corrected chi connectivity index (χ1v) is 12.5. The average Bonchev–Trinajstić information content (AvgIpc) is 2.52. The molecule has 25 heavy (non-hydrogen) atoms. The van der Waals surface area contributed by atoms with E-state index < -0.39 is 20.1 Å². The molecule has 0 aliphatic rings. The third kappa shape index (κ3) is 11.2. The molecule has 0 unspecified atom stereocenters. The molecule has 0 rings (SSSR count). The van der Waals surface area contributed by atoms with Crippen LogP contribution >= 0.6 is 20.1 Å². The molecule has 1 N–H and O–H groups in total. The Balaban J connectivity index is 4.64. The molecule has 0 radical (unpaired) electrons. The van der Waals surface area contributed by atoms with Gasteiger partial charge in [-0.2, -0.15) is 0 Å². The van der Waals surface area contributed by atoms with Crippen molar-refractivity contribution in [3.8, 4) is 0 Å². The van der Waals surface area contributed by atoms with Crippen molar-refractivity contribution in [2.45, 2.75) is 52.9 Å². The first-order chi connectivity index (χ1) is 11.8. The number of alkyl halides is 1. The minimum atomic E-state index is -2.34. The van der Waals surface area contributed by atoms with Crippen molar-refractivity contribution in [1.82, 2.24) is 8.43 Å². The van der Waals surface area contributed by atoms with Crippen LogP contribution in [0, 0.1) is 5.41 Å². The number of carbonyl (C=O) groups excluding carboxylic acids is 2. The summed E-state index contributed by atoms with van der Waals surface area (Å²) in [5.41, 5.74) is -0.0402. The molecule has 0 aliphatic carbocycles. The van der Waals surface area contributed by atoms with E-state index >= 15 is 0 Å². The molecule has 146 valence electrons. The Bertz CT molecular complexity index is 438. The number of allylic oxidation sites excluding steroid dienone is 2. The molecule has 0 aliphatic heterocycles. The van der Waals surface area contributed by atoms with Crippen LogP contribution in [0.5, 0.6) is 0 Å². The van der Waals surface area contributed by atoms with Crippen LogP contribution in [0.4, 0.5) is 9.59 Å². The monoisotopic (exact) mass is 466 g/mol. The summed E-state index contributed by atoms with van der Waals surface area (Å²) in [5, 5.41) is 0. The van der Waals surface area contributed by atoms with Crippen molar-refractivity contribution >= 4 is 30.1 Å². The zero-order valence-electron chi connectivity index (χ0n) is 16.3. The molecule has 0 atom stereocenters. The van der Waals surface area contributed by atoms with Gasteiger partial charge in [-0.3, -0.25) is 0 Å². The van der Waals surface area contributed by atoms with Gasteiger partial charge in [0.25, 0.3) is 0 Å². The van der Waals surface area contributed by atoms with Crippen LogP contribution in [-0.4, -0.2) is 39.5 Å². The number of hydrogen-bond acceptors (Lipinski definition) is 3. The molecular weight excluding hydrogens is 431 g/mol. The van der Waals surface area contributed by atoms with Gasteiger partial charge in [0, 0.05) is 0 Å². The summed E-state index contributed by atoms with van der Waals surface area (Å²) in [6.45, 7) is 14.4. The van der Waals surface area contributed by atoms with Crippen molar-refractivity contribution in [3.05, 3.63) is 25.3 Å². The SMILES string of the molecule is C=CCCCCCI(NC(=O)N(C)CC(C)(C)CC=C)C(=O)OCC. The van der Waals surface area contributed by atoms with Crippen molar-refractivity contribution < 1.29 is 14.3 Å². The second-order valence-electron chi connectivity index (χ2n) is 6.77. The Labute approximate surface area is 161 Å². The van der Waals surface area contributed by atoms with Crippen LogP contribution in [0.1, 0.15) is 52.9 Å². The molecule has 2 amide bonds. The number of halogens is 1. The summed E-state index contributed by atoms with van der Waals surface area (Å²) >= 11 is -2.34. The van der Waals surface area contributed by atoms with Gasteiger partial charge in [0.15, 0.2) is 0 Å². The fraction of sp³-hybridized carbons (Fsp3) is 0.684. The molecule has 0 fully saturated rings. The molecule has 6 heteroatoms. The fourth-order valence-electron chi connectivity index (χ4n) is 2.37. The first kappa shape index (κ1) is 23.9. The topological polar surface area (TPSA) is 58.6 Å². The first-order valence-electron chi connectivity index (χ1n) is 8.83. The van der Waals surface area contributed by atoms with E-state index in [2.05, 4.69) is 30.5 Å². The number of urea groups is 1. The van der Waals surface area contributed by atoms with E-state index in [1.165, 1.54) is 0 Å². The summed E-state index contributed by atoms with van der Waals surface area (Å²) in [7, 11) is 1.77. The molecule has 0 saturated carbocycles. The van der Waals surface area contributed by atoms with E-state index in [-0.39, 0.29) is 15.4 Å². The maximum atomic E-state index is 12.5. The summed E-state index contributed by atoms with van der Waals surface area (Å²) in [6, 6.07) is -0.179. The molecule has 0 aromatic carbocycles. The number of nitrogens with zero attached hydrogens (tertiary/aromatic N) is 1. The fourth-order valence-corrected chi connectivity index (χ4v) is 6.26. The van der Waals surface area contributed by atoms with Gasteiger partial charge in [-0.1, -0.05) is 0 Å². The Morgan fingerprint density at radius 3 is 2.44 bits per heavy atom. The standard InChI is InChI=1S/C19H35IN2O3/c1-7-10-11-12-13-15-20(17(23)25-9-3)21-18(24)22(6)16-19(4,5)14-8-2/h7-8H,1-2,9-16H2,3-6H3,(H,21,24). The van der Waals surface area contributed by atoms with Gasteiger partial charge < -0.3 is 0 Å². The summed E-state index contributed by atoms with van der Waals surface area (Å²) in [6.07, 6.45) is 8.63. The van der Waals surface area contributed by atoms with E-state index in [0.29, 0.717) is 13.2 Å². The summed E-state index contributed by atoms with van der Waals surface area (Å²) in [5.74, 6) is 0. The van der Waals surface area contributed by atoms with Crippen molar-refractivity contribution in [2.75, 3.05) is 24.6 Å². The van der Waals surface area contributed by atoms with E-state index in [0.717, 1.165) is 36.5 Å². The van der Waals surface area contributed by atoms with Crippen LogP contribution in [-0.2, 0) is 4.74 Å². The van der Waals surface area contributed by atoms with E-state index in [1.54, 1.807) is 18.9 Å². The second-order valence-corrected chi connectivity index (χ2v) is 11.3. The minimum absolute atomic E-state index is 0.0402. The molecule has 0 heterocycles. The number of rotatable bonds is 13. The Hall–Kier alpha value is -1.05. The Morgan fingerprint density at radius 1 is 1.20 bits per heavy atom. The van der Waals surface area contributed by atoms with Gasteiger partial charge in [0.1, 0.15) is 0 Å². The third-order valence-corrected chi connectivity index (χ3v) is 7.91. The predicted molar refractivity (Wildman–Crippen MR) is 114 cm³/mol. The maximum absolute atomic E-state index is 12.5. The number of amides is 2. The van der Waals surface area contributed by atoms with Crippen LogP contribution in [0.25, 0.3) is 0 Å². The van der Waals surface area contributed by atoms with E-state index in [4.69, 9.17) is 4.74 Å². The van der Waals surface area contributed by atoms with Gasteiger partial charge in [0.05, 0.1) is 0 Å². The van der Waals surface area contributed by atoms with Gasteiger partial charge >= 0.3 is 161 Å². The number of nitrogens with one attached hydrogen (secondary N) is 1. The molecule has 0 spiro atoms. The Morgan fingerprint density at radius 2 is 1.88 bits per heavy atom. The third-order valence-electron chi connectivity index (χ3n) is 3.58. The van der Waals surface area contributed by atoms with Gasteiger partial charge in [-0.05, 0) is 0 Å². The van der Waals surface area contributed by atoms with Gasteiger partial charge in [-0.15, -0.1) is 0 Å². The predicted octanol–water partition coefficient (Wildman–Crippen LogP) is 5.55. The zero-order valence-corrected chi connectivity index (χ0v) is 18.4. The van der Waals surface area contributed by atoms with Crippen molar-refractivity contribution in [3.63, 3.8) is 0 Å². The van der Waals surface area contributed by atoms with Crippen LogP contribution in [0.15, 0.2) is 25.3 Å². The number of hydrogen-bond donors (Lipinski definition) is 1. The zero-order chi connectivity index (χ0) is 19.3. The molecule has 5 nitrogen and oxygen atoms in total. The summed E-state index contributed by atoms with van der Waals surface area (Å²) < 4.78 is 8.69. The number of ether oxygens (including phenoxy) is 1. The number of carbonyl (C=O) groups is 2. The van der Waals surface area contributed by atoms with Crippen LogP contribution in [0.3, 0.4) is 0 Å². The van der Waals surface area contributed by atoms with E-state index in [1.807, 2.05) is 12.2 Å². The van der Waals surface area contributed by atoms with Gasteiger partial charge in [0.2, 0.25) is 0 Å². The molecule has 0 aromatic heterocycles. The molecule has 0 aromatic rings. The van der Waals surface area contributed by atoms with Crippen molar-refractivity contribution in [2.24, 2.45) is 5.41 Å². The average molecular weight is 466 g/mol. The normalized spacial score (nSPS) is 11.4. The molecule has 0 saturated heterocycles. The van der Waals surface area contributed by atoms with E-state index in [9.17, 15) is 9.59 Å². The quantitative estimate of drug-likeness (QED) is 0.0967.